The molecular formula is C12H14N4O2S. The van der Waals surface area contributed by atoms with Crippen LogP contribution in [0.5, 0.6) is 0 Å². The summed E-state index contributed by atoms with van der Waals surface area (Å²) in [5.41, 5.74) is -0.222. The van der Waals surface area contributed by atoms with Gasteiger partial charge in [0.05, 0.1) is 25.0 Å². The second kappa shape index (κ2) is 5.31. The van der Waals surface area contributed by atoms with Gasteiger partial charge in [0, 0.05) is 11.6 Å². The van der Waals surface area contributed by atoms with E-state index >= 15 is 0 Å². The molecule has 6 nitrogen and oxygen atoms in total. The molecule has 0 saturated carbocycles. The van der Waals surface area contributed by atoms with E-state index in [4.69, 9.17) is 0 Å². The molecule has 0 unspecified atom stereocenters. The van der Waals surface area contributed by atoms with Crippen molar-refractivity contribution in [1.82, 2.24) is 15.0 Å². The lowest BCUT2D eigenvalue weighted by atomic mass is 10.1. The Balaban J connectivity index is 2.22. The molecule has 7 heteroatoms. The molecule has 0 saturated heterocycles. The highest BCUT2D eigenvalue weighted by Crippen LogP contribution is 2.26. The van der Waals surface area contributed by atoms with Crippen molar-refractivity contribution in [2.24, 2.45) is 0 Å². The maximum atomic E-state index is 11.4. The lowest BCUT2D eigenvalue weighted by molar-refractivity contribution is 0.0593. The maximum Gasteiger partial charge on any atom is 0.358 e. The number of aromatic nitrogens is 3. The molecule has 0 atom stereocenters. The van der Waals surface area contributed by atoms with Crippen LogP contribution in [0.15, 0.2) is 24.0 Å². The number of hydrogen-bond donors (Lipinski definition) is 1. The third-order valence-corrected chi connectivity index (χ3v) is 3.53. The molecule has 2 aromatic rings. The summed E-state index contributed by atoms with van der Waals surface area (Å²) < 4.78 is 4.61. The number of nitrogens with one attached hydrogen (secondary N) is 1. The molecule has 0 aliphatic rings. The Bertz CT molecular complexity index is 569. The quantitative estimate of drug-likeness (QED) is 0.863. The predicted molar refractivity (Wildman–Crippen MR) is 72.1 cm³/mol. The van der Waals surface area contributed by atoms with Crippen LogP contribution in [0.25, 0.3) is 0 Å². The first-order chi connectivity index (χ1) is 9.03. The number of rotatable bonds is 4. The Labute approximate surface area is 114 Å². The number of carbonyl (C=O) groups is 1. The molecular weight excluding hydrogens is 264 g/mol. The monoisotopic (exact) mass is 278 g/mol. The van der Waals surface area contributed by atoms with E-state index in [0.717, 1.165) is 5.01 Å². The number of hydrogen-bond acceptors (Lipinski definition) is 7. The minimum atomic E-state index is -0.511. The second-order valence-corrected chi connectivity index (χ2v) is 5.26. The number of nitrogens with zero attached hydrogens (tertiary/aromatic N) is 3. The van der Waals surface area contributed by atoms with Gasteiger partial charge in [0.1, 0.15) is 10.8 Å². The van der Waals surface area contributed by atoms with Crippen LogP contribution in [-0.4, -0.2) is 28.0 Å². The number of anilines is 1. The normalized spacial score (nSPS) is 11.1. The molecule has 0 amide bonds. The van der Waals surface area contributed by atoms with Crippen molar-refractivity contribution in [1.29, 1.82) is 0 Å². The zero-order chi connectivity index (χ0) is 13.9. The molecule has 0 radical (unpaired) electrons. The van der Waals surface area contributed by atoms with Crippen LogP contribution in [-0.2, 0) is 10.3 Å². The van der Waals surface area contributed by atoms with Crippen LogP contribution >= 0.6 is 11.3 Å². The SMILES string of the molecule is COC(=O)c1cncc(NC(C)(C)c2nccs2)n1. The van der Waals surface area contributed by atoms with E-state index in [9.17, 15) is 4.79 Å². The molecule has 0 aliphatic heterocycles. The zero-order valence-electron chi connectivity index (χ0n) is 10.9. The Hall–Kier alpha value is -2.02. The molecule has 2 aromatic heterocycles. The van der Waals surface area contributed by atoms with Crippen LogP contribution in [0.2, 0.25) is 0 Å². The van der Waals surface area contributed by atoms with E-state index in [-0.39, 0.29) is 5.69 Å². The molecule has 0 aromatic carbocycles. The fraction of sp³-hybridized carbons (Fsp3) is 0.333. The lowest BCUT2D eigenvalue weighted by Crippen LogP contribution is -2.28. The van der Waals surface area contributed by atoms with Gasteiger partial charge in [-0.05, 0) is 13.8 Å². The fourth-order valence-electron chi connectivity index (χ4n) is 1.53. The summed E-state index contributed by atoms with van der Waals surface area (Å²) in [5.74, 6) is -0.00805. The van der Waals surface area contributed by atoms with Gasteiger partial charge in [-0.2, -0.15) is 0 Å². The van der Waals surface area contributed by atoms with E-state index in [0.29, 0.717) is 5.82 Å². The Morgan fingerprint density at radius 2 is 2.21 bits per heavy atom. The summed E-state index contributed by atoms with van der Waals surface area (Å²) in [4.78, 5) is 23.8. The van der Waals surface area contributed by atoms with Gasteiger partial charge in [-0.1, -0.05) is 0 Å². The summed E-state index contributed by atoms with van der Waals surface area (Å²) in [5, 5.41) is 6.05. The summed E-state index contributed by atoms with van der Waals surface area (Å²) in [6.45, 7) is 3.97. The molecule has 0 bridgehead atoms. The van der Waals surface area contributed by atoms with E-state index in [1.807, 2.05) is 19.2 Å². The van der Waals surface area contributed by atoms with Crippen LogP contribution in [0.1, 0.15) is 29.3 Å². The minimum Gasteiger partial charge on any atom is -0.464 e. The van der Waals surface area contributed by atoms with E-state index in [1.165, 1.54) is 13.3 Å². The van der Waals surface area contributed by atoms with Crippen molar-refractivity contribution in [3.05, 3.63) is 34.7 Å². The Morgan fingerprint density at radius 3 is 2.84 bits per heavy atom. The third kappa shape index (κ3) is 3.05. The first-order valence-corrected chi connectivity index (χ1v) is 6.49. The standard InChI is InChI=1S/C12H14N4O2S/c1-12(2,11-14-4-5-19-11)16-9-7-13-6-8(15-9)10(17)18-3/h4-7H,1-3H3,(H,15,16). The van der Waals surface area contributed by atoms with Gasteiger partial charge in [-0.3, -0.25) is 4.98 Å². The fourth-order valence-corrected chi connectivity index (χ4v) is 2.25. The predicted octanol–water partition coefficient (Wildman–Crippen LogP) is 2.07. The van der Waals surface area contributed by atoms with Crippen molar-refractivity contribution in [3.8, 4) is 0 Å². The van der Waals surface area contributed by atoms with E-state index in [1.54, 1.807) is 23.7 Å². The summed E-state index contributed by atoms with van der Waals surface area (Å²) in [6.07, 6.45) is 4.68. The molecule has 100 valence electrons. The second-order valence-electron chi connectivity index (χ2n) is 4.37. The molecule has 2 rings (SSSR count). The van der Waals surface area contributed by atoms with Gasteiger partial charge < -0.3 is 10.1 Å². The zero-order valence-corrected chi connectivity index (χ0v) is 11.7. The largest absolute Gasteiger partial charge is 0.464 e. The molecule has 1 N–H and O–H groups in total. The average Bonchev–Trinajstić information content (AvgIpc) is 2.92. The van der Waals surface area contributed by atoms with Gasteiger partial charge in [0.25, 0.3) is 0 Å². The van der Waals surface area contributed by atoms with Gasteiger partial charge in [0.15, 0.2) is 5.69 Å². The number of methoxy groups -OCH3 is 1. The highest BCUT2D eigenvalue weighted by molar-refractivity contribution is 7.09. The van der Waals surface area contributed by atoms with Crippen molar-refractivity contribution < 1.29 is 9.53 Å². The summed E-state index contributed by atoms with van der Waals surface area (Å²) in [7, 11) is 1.31. The van der Waals surface area contributed by atoms with Crippen molar-refractivity contribution in [2.45, 2.75) is 19.4 Å². The highest BCUT2D eigenvalue weighted by Gasteiger charge is 2.24. The molecule has 19 heavy (non-hydrogen) atoms. The van der Waals surface area contributed by atoms with Gasteiger partial charge in [-0.15, -0.1) is 11.3 Å². The topological polar surface area (TPSA) is 77.0 Å². The van der Waals surface area contributed by atoms with Gasteiger partial charge in [0.2, 0.25) is 0 Å². The Kier molecular flexibility index (Phi) is 3.75. The molecule has 0 fully saturated rings. The molecule has 0 aliphatic carbocycles. The van der Waals surface area contributed by atoms with Gasteiger partial charge in [-0.25, -0.2) is 14.8 Å². The minimum absolute atomic E-state index is 0.169. The maximum absolute atomic E-state index is 11.4. The van der Waals surface area contributed by atoms with Crippen LogP contribution in [0.3, 0.4) is 0 Å². The van der Waals surface area contributed by atoms with Gasteiger partial charge >= 0.3 is 5.97 Å². The van der Waals surface area contributed by atoms with Crippen LogP contribution < -0.4 is 5.32 Å². The number of ether oxygens (including phenoxy) is 1. The van der Waals surface area contributed by atoms with E-state index < -0.39 is 11.5 Å². The first-order valence-electron chi connectivity index (χ1n) is 5.61. The van der Waals surface area contributed by atoms with Crippen LogP contribution in [0, 0.1) is 0 Å². The number of esters is 1. The first kappa shape index (κ1) is 13.4. The molecule has 2 heterocycles. The summed E-state index contributed by atoms with van der Waals surface area (Å²) in [6, 6.07) is 0. The van der Waals surface area contributed by atoms with Crippen LogP contribution in [0.4, 0.5) is 5.82 Å². The smallest absolute Gasteiger partial charge is 0.358 e. The van der Waals surface area contributed by atoms with Crippen molar-refractivity contribution >= 4 is 23.1 Å². The highest BCUT2D eigenvalue weighted by atomic mass is 32.1. The summed E-state index contributed by atoms with van der Waals surface area (Å²) >= 11 is 1.55. The third-order valence-electron chi connectivity index (χ3n) is 2.44. The average molecular weight is 278 g/mol. The van der Waals surface area contributed by atoms with Crippen molar-refractivity contribution in [3.63, 3.8) is 0 Å². The lowest BCUT2D eigenvalue weighted by Gasteiger charge is -2.24. The number of carbonyl (C=O) groups excluding carboxylic acids is 1. The molecule has 0 spiro atoms. The van der Waals surface area contributed by atoms with Crippen molar-refractivity contribution in [2.75, 3.05) is 12.4 Å². The van der Waals surface area contributed by atoms with E-state index in [2.05, 4.69) is 25.0 Å². The number of thiazole rings is 1. The Morgan fingerprint density at radius 1 is 1.42 bits per heavy atom.